The molecule has 0 saturated heterocycles. The van der Waals surface area contributed by atoms with Crippen molar-refractivity contribution >= 4 is 29.3 Å². The zero-order valence-electron chi connectivity index (χ0n) is 18.7. The topological polar surface area (TPSA) is 90.0 Å². The minimum absolute atomic E-state index is 0.0482. The van der Waals surface area contributed by atoms with Gasteiger partial charge in [0.15, 0.2) is 23.2 Å². The summed E-state index contributed by atoms with van der Waals surface area (Å²) in [5, 5.41) is 0. The molecule has 0 atom stereocenters. The van der Waals surface area contributed by atoms with E-state index in [2.05, 4.69) is 4.74 Å². The molecule has 1 aliphatic rings. The van der Waals surface area contributed by atoms with Gasteiger partial charge < -0.3 is 14.3 Å². The number of nitrogens with zero attached hydrogens (tertiary/aromatic N) is 1. The SMILES string of the molecule is CC(=O)CCCOc1c(CCC(=O)Oc2c(F)c(F)cc(F)c2F)ccc(N2C(=O)C=CC2=O)c1F. The van der Waals surface area contributed by atoms with Crippen molar-refractivity contribution in [3.05, 3.63) is 65.0 Å². The third kappa shape index (κ3) is 5.75. The number of carbonyl (C=O) groups is 4. The van der Waals surface area contributed by atoms with E-state index in [4.69, 9.17) is 4.74 Å². The third-order valence-electron chi connectivity index (χ3n) is 5.01. The van der Waals surface area contributed by atoms with Crippen LogP contribution in [-0.4, -0.2) is 30.2 Å². The van der Waals surface area contributed by atoms with E-state index in [1.54, 1.807) is 0 Å². The number of hydrogen-bond acceptors (Lipinski definition) is 6. The molecule has 0 saturated carbocycles. The molecule has 0 aromatic heterocycles. The van der Waals surface area contributed by atoms with Crippen LogP contribution in [-0.2, 0) is 25.6 Å². The number of benzene rings is 2. The molecule has 12 heteroatoms. The van der Waals surface area contributed by atoms with Crippen molar-refractivity contribution in [2.45, 2.75) is 32.6 Å². The van der Waals surface area contributed by atoms with Crippen LogP contribution in [0.2, 0.25) is 0 Å². The molecule has 0 bridgehead atoms. The van der Waals surface area contributed by atoms with Gasteiger partial charge in [0.1, 0.15) is 5.78 Å². The third-order valence-corrected chi connectivity index (χ3v) is 5.01. The first-order valence-electron chi connectivity index (χ1n) is 10.5. The molecule has 3 rings (SSSR count). The second-order valence-corrected chi connectivity index (χ2v) is 7.66. The number of amides is 2. The second kappa shape index (κ2) is 11.1. The van der Waals surface area contributed by atoms with Gasteiger partial charge in [0.25, 0.3) is 11.8 Å². The lowest BCUT2D eigenvalue weighted by atomic mass is 10.1. The van der Waals surface area contributed by atoms with Gasteiger partial charge in [-0.2, -0.15) is 8.78 Å². The number of ketones is 1. The van der Waals surface area contributed by atoms with Gasteiger partial charge in [0.05, 0.1) is 18.7 Å². The number of rotatable bonds is 10. The minimum atomic E-state index is -1.90. The molecule has 0 fully saturated rings. The molecule has 1 aliphatic heterocycles. The lowest BCUT2D eigenvalue weighted by Gasteiger charge is -2.19. The lowest BCUT2D eigenvalue weighted by molar-refractivity contribution is -0.134. The lowest BCUT2D eigenvalue weighted by Crippen LogP contribution is -2.30. The number of anilines is 1. The molecule has 1 heterocycles. The number of Topliss-reactive ketones (excluding diaryl/α,β-unsaturated/α-hetero) is 1. The Morgan fingerprint density at radius 3 is 2.06 bits per heavy atom. The number of ether oxygens (including phenoxy) is 2. The predicted molar refractivity (Wildman–Crippen MR) is 114 cm³/mol. The molecule has 2 aromatic rings. The Bertz CT molecular complexity index is 1230. The van der Waals surface area contributed by atoms with E-state index in [1.165, 1.54) is 13.0 Å². The number of halogens is 5. The summed E-state index contributed by atoms with van der Waals surface area (Å²) in [6.07, 6.45) is 1.31. The van der Waals surface area contributed by atoms with Gasteiger partial charge in [-0.25, -0.2) is 18.1 Å². The molecule has 2 aromatic carbocycles. The summed E-state index contributed by atoms with van der Waals surface area (Å²) < 4.78 is 79.4. The summed E-state index contributed by atoms with van der Waals surface area (Å²) in [6, 6.07) is 2.31. The van der Waals surface area contributed by atoms with Crippen LogP contribution in [0.25, 0.3) is 0 Å². The maximum atomic E-state index is 15.3. The summed E-state index contributed by atoms with van der Waals surface area (Å²) in [4.78, 5) is 47.8. The maximum absolute atomic E-state index is 15.3. The van der Waals surface area contributed by atoms with Crippen LogP contribution in [0.1, 0.15) is 31.7 Å². The summed E-state index contributed by atoms with van der Waals surface area (Å²) in [5.74, 6) is -13.4. The molecule has 2 amide bonds. The number of imide groups is 1. The van der Waals surface area contributed by atoms with Crippen LogP contribution < -0.4 is 14.4 Å². The highest BCUT2D eigenvalue weighted by atomic mass is 19.2. The van der Waals surface area contributed by atoms with E-state index in [9.17, 15) is 36.7 Å². The van der Waals surface area contributed by atoms with Crippen LogP contribution in [0, 0.1) is 29.1 Å². The highest BCUT2D eigenvalue weighted by Gasteiger charge is 2.30. The molecule has 0 aliphatic carbocycles. The zero-order chi connectivity index (χ0) is 26.6. The fourth-order valence-electron chi connectivity index (χ4n) is 3.29. The van der Waals surface area contributed by atoms with Crippen molar-refractivity contribution in [2.24, 2.45) is 0 Å². The Morgan fingerprint density at radius 2 is 1.47 bits per heavy atom. The van der Waals surface area contributed by atoms with Crippen molar-refractivity contribution in [3.8, 4) is 11.5 Å². The van der Waals surface area contributed by atoms with Crippen molar-refractivity contribution < 1.29 is 50.6 Å². The van der Waals surface area contributed by atoms with E-state index < -0.39 is 70.5 Å². The molecule has 0 N–H and O–H groups in total. The van der Waals surface area contributed by atoms with Gasteiger partial charge in [-0.05, 0) is 31.4 Å². The average molecular weight is 511 g/mol. The van der Waals surface area contributed by atoms with Crippen LogP contribution in [0.3, 0.4) is 0 Å². The molecule has 7 nitrogen and oxygen atoms in total. The quantitative estimate of drug-likeness (QED) is 0.119. The zero-order valence-corrected chi connectivity index (χ0v) is 18.7. The Hall–Kier alpha value is -4.09. The van der Waals surface area contributed by atoms with Crippen molar-refractivity contribution in [1.82, 2.24) is 0 Å². The number of hydrogen-bond donors (Lipinski definition) is 0. The van der Waals surface area contributed by atoms with E-state index in [1.807, 2.05) is 0 Å². The van der Waals surface area contributed by atoms with Gasteiger partial charge >= 0.3 is 5.97 Å². The highest BCUT2D eigenvalue weighted by Crippen LogP contribution is 2.34. The molecule has 0 unspecified atom stereocenters. The Morgan fingerprint density at radius 1 is 0.861 bits per heavy atom. The summed E-state index contributed by atoms with van der Waals surface area (Å²) in [7, 11) is 0. The van der Waals surface area contributed by atoms with E-state index in [-0.39, 0.29) is 43.3 Å². The summed E-state index contributed by atoms with van der Waals surface area (Å²) in [6.45, 7) is 1.22. The second-order valence-electron chi connectivity index (χ2n) is 7.66. The standard InChI is InChI=1S/C24H18F5NO6/c1-12(31)3-2-10-35-23-13(4-6-16(22(23)29)30-17(32)7-8-18(30)33)5-9-19(34)36-24-20(27)14(25)11-15(26)21(24)28/h4,6-8,11H,2-3,5,9-10H2,1H3. The highest BCUT2D eigenvalue weighted by molar-refractivity contribution is 6.28. The first kappa shape index (κ1) is 26.5. The minimum Gasteiger partial charge on any atom is -0.490 e. The smallest absolute Gasteiger partial charge is 0.311 e. The van der Waals surface area contributed by atoms with Crippen LogP contribution in [0.5, 0.6) is 11.5 Å². The van der Waals surface area contributed by atoms with Gasteiger partial charge in [0, 0.05) is 24.6 Å². The van der Waals surface area contributed by atoms with Crippen LogP contribution in [0.15, 0.2) is 30.4 Å². The van der Waals surface area contributed by atoms with E-state index in [0.717, 1.165) is 18.2 Å². The maximum Gasteiger partial charge on any atom is 0.311 e. The largest absolute Gasteiger partial charge is 0.490 e. The van der Waals surface area contributed by atoms with Gasteiger partial charge in [-0.15, -0.1) is 0 Å². The van der Waals surface area contributed by atoms with Crippen molar-refractivity contribution in [2.75, 3.05) is 11.5 Å². The van der Waals surface area contributed by atoms with Gasteiger partial charge in [0.2, 0.25) is 17.4 Å². The average Bonchev–Trinajstić information content (AvgIpc) is 3.15. The fraction of sp³-hybridized carbons (Fsp3) is 0.250. The molecule has 0 radical (unpaired) electrons. The Kier molecular flexibility index (Phi) is 8.18. The van der Waals surface area contributed by atoms with Gasteiger partial charge in [-0.1, -0.05) is 6.07 Å². The molecular weight excluding hydrogens is 493 g/mol. The summed E-state index contributed by atoms with van der Waals surface area (Å²) in [5.41, 5.74) is -0.364. The molecule has 190 valence electrons. The first-order chi connectivity index (χ1) is 17.0. The van der Waals surface area contributed by atoms with Crippen molar-refractivity contribution in [1.29, 1.82) is 0 Å². The number of aryl methyl sites for hydroxylation is 1. The Labute approximate surface area is 201 Å². The van der Waals surface area contributed by atoms with Crippen LogP contribution in [0.4, 0.5) is 27.6 Å². The molecule has 0 spiro atoms. The fourth-order valence-corrected chi connectivity index (χ4v) is 3.29. The van der Waals surface area contributed by atoms with E-state index >= 15 is 4.39 Å². The number of esters is 1. The van der Waals surface area contributed by atoms with Crippen molar-refractivity contribution in [3.63, 3.8) is 0 Å². The normalized spacial score (nSPS) is 12.9. The monoisotopic (exact) mass is 511 g/mol. The predicted octanol–water partition coefficient (Wildman–Crippen LogP) is 4.10. The Balaban J connectivity index is 1.82. The van der Waals surface area contributed by atoms with E-state index in [0.29, 0.717) is 4.90 Å². The first-order valence-corrected chi connectivity index (χ1v) is 10.5. The molecule has 36 heavy (non-hydrogen) atoms. The summed E-state index contributed by atoms with van der Waals surface area (Å²) >= 11 is 0. The number of carbonyl (C=O) groups excluding carboxylic acids is 4. The molecular formula is C24H18F5NO6. The van der Waals surface area contributed by atoms with Gasteiger partial charge in [-0.3, -0.25) is 14.4 Å². The van der Waals surface area contributed by atoms with Crippen LogP contribution >= 0.6 is 0 Å².